The van der Waals surface area contributed by atoms with Crippen LogP contribution in [0.3, 0.4) is 0 Å². The summed E-state index contributed by atoms with van der Waals surface area (Å²) in [5.41, 5.74) is 2.72. The molecule has 0 aliphatic rings. The van der Waals surface area contributed by atoms with Gasteiger partial charge in [-0.1, -0.05) is 76.5 Å². The average Bonchev–Trinajstić information content (AvgIpc) is 2.47. The number of rotatable bonds is 13. The molecular weight excluding hydrogens is 322 g/mol. The van der Waals surface area contributed by atoms with Crippen LogP contribution in [0.4, 0.5) is 0 Å². The fourth-order valence-electron chi connectivity index (χ4n) is 2.93. The number of halogens is 1. The minimum atomic E-state index is 0. The number of aryl methyl sites for hydroxylation is 2. The van der Waals surface area contributed by atoms with E-state index in [4.69, 9.17) is 0 Å². The molecule has 134 valence electrons. The fraction of sp³-hybridized carbons (Fsp3) is 0.750. The largest absolute Gasteiger partial charge is 1.00 e. The quantitative estimate of drug-likeness (QED) is 0.387. The Hall–Kier alpha value is -0.210. The van der Waals surface area contributed by atoms with Gasteiger partial charge in [0, 0.05) is 11.1 Å². The van der Waals surface area contributed by atoms with Gasteiger partial charge < -0.3 is 12.4 Å². The van der Waals surface area contributed by atoms with Gasteiger partial charge in [-0.15, -0.1) is 0 Å². The van der Waals surface area contributed by atoms with Crippen molar-refractivity contribution >= 4 is 11.8 Å². The van der Waals surface area contributed by atoms with Crippen LogP contribution in [0, 0.1) is 13.8 Å². The number of hydrogen-bond donors (Lipinski definition) is 0. The van der Waals surface area contributed by atoms with Gasteiger partial charge in [0.1, 0.15) is 0 Å². The Morgan fingerprint density at radius 1 is 0.783 bits per heavy atom. The maximum Gasteiger partial charge on any atom is 0.194 e. The maximum absolute atomic E-state index is 2.33. The SMILES string of the molecule is CCCCCCCCCCCCSC[n+]1cc(C)cc(C)c1.[Cl-]. The van der Waals surface area contributed by atoms with Crippen molar-refractivity contribution in [3.63, 3.8) is 0 Å². The van der Waals surface area contributed by atoms with Crippen molar-refractivity contribution in [3.05, 3.63) is 29.6 Å². The second-order valence-corrected chi connectivity index (χ2v) is 7.70. The van der Waals surface area contributed by atoms with Crippen molar-refractivity contribution in [1.82, 2.24) is 0 Å². The van der Waals surface area contributed by atoms with E-state index < -0.39 is 0 Å². The van der Waals surface area contributed by atoms with Gasteiger partial charge in [-0.3, -0.25) is 0 Å². The molecule has 3 heteroatoms. The molecule has 0 saturated carbocycles. The van der Waals surface area contributed by atoms with Gasteiger partial charge in [0.2, 0.25) is 0 Å². The highest BCUT2D eigenvalue weighted by atomic mass is 35.5. The molecule has 0 atom stereocenters. The Bertz CT molecular complexity index is 375. The number of hydrogen-bond acceptors (Lipinski definition) is 1. The van der Waals surface area contributed by atoms with Gasteiger partial charge in [0.25, 0.3) is 0 Å². The van der Waals surface area contributed by atoms with E-state index in [0.717, 1.165) is 5.88 Å². The van der Waals surface area contributed by atoms with Crippen molar-refractivity contribution in [1.29, 1.82) is 0 Å². The zero-order valence-electron chi connectivity index (χ0n) is 15.5. The predicted molar refractivity (Wildman–Crippen MR) is 100 cm³/mol. The zero-order chi connectivity index (χ0) is 16.0. The topological polar surface area (TPSA) is 3.88 Å². The van der Waals surface area contributed by atoms with E-state index in [9.17, 15) is 0 Å². The Kier molecular flexibility index (Phi) is 15.2. The molecule has 0 radical (unpaired) electrons. The second kappa shape index (κ2) is 15.3. The summed E-state index contributed by atoms with van der Waals surface area (Å²) in [7, 11) is 0. The molecule has 1 rings (SSSR count). The van der Waals surface area contributed by atoms with Gasteiger partial charge >= 0.3 is 0 Å². The summed E-state index contributed by atoms with van der Waals surface area (Å²) in [4.78, 5) is 0. The summed E-state index contributed by atoms with van der Waals surface area (Å²) in [5.74, 6) is 2.40. The lowest BCUT2D eigenvalue weighted by Gasteiger charge is -2.02. The van der Waals surface area contributed by atoms with Crippen molar-refractivity contribution < 1.29 is 17.0 Å². The van der Waals surface area contributed by atoms with Crippen LogP contribution < -0.4 is 17.0 Å². The zero-order valence-corrected chi connectivity index (χ0v) is 17.0. The van der Waals surface area contributed by atoms with Crippen LogP contribution in [0.5, 0.6) is 0 Å². The highest BCUT2D eigenvalue weighted by molar-refractivity contribution is 7.98. The molecule has 0 aliphatic carbocycles. The first-order chi connectivity index (χ1) is 10.7. The fourth-order valence-corrected chi connectivity index (χ4v) is 3.83. The number of aromatic nitrogens is 1. The van der Waals surface area contributed by atoms with E-state index in [-0.39, 0.29) is 12.4 Å². The van der Waals surface area contributed by atoms with Gasteiger partial charge in [-0.2, -0.15) is 4.57 Å². The lowest BCUT2D eigenvalue weighted by atomic mass is 10.1. The van der Waals surface area contributed by atoms with Gasteiger partial charge in [-0.25, -0.2) is 0 Å². The van der Waals surface area contributed by atoms with Crippen LogP contribution in [0.1, 0.15) is 82.3 Å². The molecule has 1 aromatic rings. The molecule has 0 amide bonds. The molecule has 0 spiro atoms. The lowest BCUT2D eigenvalue weighted by Crippen LogP contribution is -3.00. The van der Waals surface area contributed by atoms with Crippen molar-refractivity contribution in [3.8, 4) is 0 Å². The van der Waals surface area contributed by atoms with Crippen LogP contribution >= 0.6 is 11.8 Å². The smallest absolute Gasteiger partial charge is 0.194 e. The van der Waals surface area contributed by atoms with Crippen molar-refractivity contribution in [2.24, 2.45) is 0 Å². The molecule has 0 bridgehead atoms. The van der Waals surface area contributed by atoms with Gasteiger partial charge in [0.05, 0.1) is 0 Å². The van der Waals surface area contributed by atoms with E-state index in [2.05, 4.69) is 55.6 Å². The highest BCUT2D eigenvalue weighted by Crippen LogP contribution is 2.12. The van der Waals surface area contributed by atoms with Gasteiger partial charge in [0.15, 0.2) is 18.3 Å². The standard InChI is InChI=1S/C20H36NS.ClH/c1-4-5-6-7-8-9-10-11-12-13-14-22-18-21-16-19(2)15-20(3)17-21;/h15-17H,4-14,18H2,1-3H3;1H/q+1;/p-1. The molecule has 1 aromatic heterocycles. The molecule has 0 saturated heterocycles. The van der Waals surface area contributed by atoms with E-state index in [0.29, 0.717) is 0 Å². The molecule has 1 nitrogen and oxygen atoms in total. The number of thioether (sulfide) groups is 1. The molecule has 0 fully saturated rings. The molecule has 0 N–H and O–H groups in total. The summed E-state index contributed by atoms with van der Waals surface area (Å²) in [6, 6.07) is 2.24. The average molecular weight is 358 g/mol. The van der Waals surface area contributed by atoms with Crippen LogP contribution in [0.25, 0.3) is 0 Å². The third-order valence-corrected chi connectivity index (χ3v) is 5.13. The minimum Gasteiger partial charge on any atom is -1.00 e. The molecule has 23 heavy (non-hydrogen) atoms. The molecule has 0 unspecified atom stereocenters. The normalized spacial score (nSPS) is 10.6. The maximum atomic E-state index is 2.33. The first kappa shape index (κ1) is 22.8. The van der Waals surface area contributed by atoms with E-state index in [1.165, 1.54) is 81.1 Å². The molecule has 1 heterocycles. The second-order valence-electron chi connectivity index (χ2n) is 6.62. The van der Waals surface area contributed by atoms with E-state index >= 15 is 0 Å². The Morgan fingerprint density at radius 3 is 1.78 bits per heavy atom. The van der Waals surface area contributed by atoms with Crippen molar-refractivity contribution in [2.75, 3.05) is 5.75 Å². The summed E-state index contributed by atoms with van der Waals surface area (Å²) >= 11 is 2.06. The van der Waals surface area contributed by atoms with Gasteiger partial charge in [-0.05, 0) is 32.1 Å². The minimum absolute atomic E-state index is 0. The summed E-state index contributed by atoms with van der Waals surface area (Å²) in [6.45, 7) is 6.64. The Balaban J connectivity index is 0.00000484. The number of nitrogens with zero attached hydrogens (tertiary/aromatic N) is 1. The van der Waals surface area contributed by atoms with Crippen LogP contribution in [-0.4, -0.2) is 5.75 Å². The van der Waals surface area contributed by atoms with Crippen LogP contribution in [0.15, 0.2) is 18.5 Å². The first-order valence-corrected chi connectivity index (χ1v) is 10.4. The van der Waals surface area contributed by atoms with E-state index in [1.54, 1.807) is 0 Å². The molecule has 0 aromatic carbocycles. The number of unbranched alkanes of at least 4 members (excludes halogenated alkanes) is 9. The summed E-state index contributed by atoms with van der Waals surface area (Å²) < 4.78 is 2.33. The highest BCUT2D eigenvalue weighted by Gasteiger charge is 2.02. The predicted octanol–water partition coefficient (Wildman–Crippen LogP) is 3.21. The number of pyridine rings is 1. The van der Waals surface area contributed by atoms with Crippen molar-refractivity contribution in [2.45, 2.75) is 90.9 Å². The van der Waals surface area contributed by atoms with Crippen LogP contribution in [-0.2, 0) is 5.88 Å². The third kappa shape index (κ3) is 12.8. The first-order valence-electron chi connectivity index (χ1n) is 9.27. The Labute approximate surface area is 155 Å². The van der Waals surface area contributed by atoms with E-state index in [1.807, 2.05) is 0 Å². The Morgan fingerprint density at radius 2 is 1.26 bits per heavy atom. The third-order valence-electron chi connectivity index (χ3n) is 4.08. The lowest BCUT2D eigenvalue weighted by molar-refractivity contribution is -0.676. The summed E-state index contributed by atoms with van der Waals surface area (Å²) in [5, 5.41) is 0. The molecule has 0 aliphatic heterocycles. The molecular formula is C20H36ClNS. The van der Waals surface area contributed by atoms with Crippen LogP contribution in [0.2, 0.25) is 0 Å². The summed E-state index contributed by atoms with van der Waals surface area (Å²) in [6.07, 6.45) is 18.8. The monoisotopic (exact) mass is 357 g/mol.